The molecule has 0 aliphatic carbocycles. The third-order valence-corrected chi connectivity index (χ3v) is 3.12. The number of aromatic amines is 1. The Morgan fingerprint density at radius 2 is 2.11 bits per heavy atom. The summed E-state index contributed by atoms with van der Waals surface area (Å²) in [4.78, 5) is 18.1. The van der Waals surface area contributed by atoms with E-state index in [0.29, 0.717) is 9.26 Å². The molecule has 1 heterocycles. The third-order valence-electron chi connectivity index (χ3n) is 2.01. The summed E-state index contributed by atoms with van der Waals surface area (Å²) in [6.07, 6.45) is -4.26. The monoisotopic (exact) mass is 392 g/mol. The highest BCUT2D eigenvalue weighted by Gasteiger charge is 2.27. The van der Waals surface area contributed by atoms with Gasteiger partial charge in [-0.3, -0.25) is 4.79 Å². The molecule has 0 amide bonds. The highest BCUT2D eigenvalue weighted by atomic mass is 127. The summed E-state index contributed by atoms with van der Waals surface area (Å²) in [5, 5.41) is 0. The fraction of sp³-hybridized carbons (Fsp3) is 0.600. The first kappa shape index (κ1) is 16.4. The highest BCUT2D eigenvalue weighted by molar-refractivity contribution is 14.1. The van der Waals surface area contributed by atoms with Crippen molar-refractivity contribution in [3.63, 3.8) is 0 Å². The van der Waals surface area contributed by atoms with Gasteiger partial charge in [-0.05, 0) is 22.6 Å². The Morgan fingerprint density at radius 3 is 2.68 bits per heavy atom. The molecule has 0 aliphatic heterocycles. The number of hydrogen-bond donors (Lipinski definition) is 1. The molecule has 0 saturated heterocycles. The molecule has 0 fully saturated rings. The van der Waals surface area contributed by atoms with E-state index < -0.39 is 12.8 Å². The van der Waals surface area contributed by atoms with Crippen molar-refractivity contribution in [1.82, 2.24) is 9.97 Å². The van der Waals surface area contributed by atoms with Crippen molar-refractivity contribution in [3.8, 4) is 0 Å². The fourth-order valence-electron chi connectivity index (χ4n) is 1.26. The minimum atomic E-state index is -4.35. The van der Waals surface area contributed by atoms with Gasteiger partial charge in [-0.1, -0.05) is 0 Å². The second kappa shape index (κ2) is 7.20. The Labute approximate surface area is 120 Å². The second-order valence-corrected chi connectivity index (χ2v) is 4.70. The summed E-state index contributed by atoms with van der Waals surface area (Å²) in [6.45, 7) is -1.32. The number of hydrogen-bond acceptors (Lipinski definition) is 4. The summed E-state index contributed by atoms with van der Waals surface area (Å²) in [6, 6.07) is 0. The summed E-state index contributed by atoms with van der Waals surface area (Å²) in [5.74, 6) is 0.277. The molecule has 1 rings (SSSR count). The number of nitrogens with zero attached hydrogens (tertiary/aromatic N) is 1. The first-order valence-corrected chi connectivity index (χ1v) is 6.32. The van der Waals surface area contributed by atoms with Crippen LogP contribution >= 0.6 is 22.6 Å². The van der Waals surface area contributed by atoms with Crippen LogP contribution in [-0.2, 0) is 22.5 Å². The van der Waals surface area contributed by atoms with E-state index in [4.69, 9.17) is 4.74 Å². The molecule has 0 bridgehead atoms. The van der Waals surface area contributed by atoms with Gasteiger partial charge in [-0.25, -0.2) is 4.98 Å². The number of aromatic nitrogens is 2. The first-order chi connectivity index (χ1) is 8.83. The van der Waals surface area contributed by atoms with E-state index in [1.54, 1.807) is 0 Å². The van der Waals surface area contributed by atoms with Gasteiger partial charge in [0, 0.05) is 13.5 Å². The quantitative estimate of drug-likeness (QED) is 0.591. The normalized spacial score (nSPS) is 11.8. The summed E-state index contributed by atoms with van der Waals surface area (Å²) in [5.41, 5.74) is 0.117. The minimum absolute atomic E-state index is 0.0962. The largest absolute Gasteiger partial charge is 0.411 e. The molecule has 0 spiro atoms. The van der Waals surface area contributed by atoms with Crippen molar-refractivity contribution < 1.29 is 22.6 Å². The van der Waals surface area contributed by atoms with Gasteiger partial charge in [0.1, 0.15) is 16.0 Å². The highest BCUT2D eigenvalue weighted by Crippen LogP contribution is 2.14. The average molecular weight is 392 g/mol. The van der Waals surface area contributed by atoms with Gasteiger partial charge in [0.05, 0.1) is 18.9 Å². The number of alkyl halides is 3. The molecule has 0 atom stereocenters. The van der Waals surface area contributed by atoms with Crippen molar-refractivity contribution in [1.29, 1.82) is 0 Å². The minimum Gasteiger partial charge on any atom is -0.378 e. The molecule has 0 unspecified atom stereocenters. The van der Waals surface area contributed by atoms with Crippen LogP contribution in [-0.4, -0.2) is 36.5 Å². The van der Waals surface area contributed by atoms with Crippen molar-refractivity contribution in [2.24, 2.45) is 0 Å². The van der Waals surface area contributed by atoms with E-state index >= 15 is 0 Å². The predicted molar refractivity (Wildman–Crippen MR) is 68.9 cm³/mol. The predicted octanol–water partition coefficient (Wildman–Crippen LogP) is 1.64. The fourth-order valence-corrected chi connectivity index (χ4v) is 1.68. The van der Waals surface area contributed by atoms with Crippen LogP contribution < -0.4 is 5.56 Å². The van der Waals surface area contributed by atoms with Crippen LogP contribution in [0.25, 0.3) is 0 Å². The number of ether oxygens (including phenoxy) is 2. The van der Waals surface area contributed by atoms with Gasteiger partial charge in [-0.2, -0.15) is 13.2 Å². The number of methoxy groups -OCH3 is 1. The Hall–Kier alpha value is -0.680. The maximum atomic E-state index is 11.8. The Kier molecular flexibility index (Phi) is 6.20. The molecular weight excluding hydrogens is 380 g/mol. The molecule has 0 radical (unpaired) electrons. The molecule has 0 aromatic carbocycles. The van der Waals surface area contributed by atoms with Crippen LogP contribution in [0.5, 0.6) is 0 Å². The maximum absolute atomic E-state index is 11.8. The van der Waals surface area contributed by atoms with E-state index in [9.17, 15) is 18.0 Å². The number of rotatable bonds is 6. The van der Waals surface area contributed by atoms with Crippen molar-refractivity contribution in [2.45, 2.75) is 19.2 Å². The first-order valence-electron chi connectivity index (χ1n) is 5.24. The van der Waals surface area contributed by atoms with E-state index in [-0.39, 0.29) is 31.0 Å². The lowest BCUT2D eigenvalue weighted by molar-refractivity contribution is -0.173. The van der Waals surface area contributed by atoms with Gasteiger partial charge in [0.15, 0.2) is 0 Å². The SMILES string of the molecule is COCc1nc(CCOCC(F)(F)F)[nH]c(=O)c1I. The van der Waals surface area contributed by atoms with Crippen LogP contribution in [0.1, 0.15) is 11.5 Å². The Balaban J connectivity index is 2.62. The van der Waals surface area contributed by atoms with Crippen molar-refractivity contribution in [2.75, 3.05) is 20.3 Å². The number of H-pyrrole nitrogens is 1. The van der Waals surface area contributed by atoms with E-state index in [0.717, 1.165) is 0 Å². The summed E-state index contributed by atoms with van der Waals surface area (Å²) in [7, 11) is 1.46. The van der Waals surface area contributed by atoms with Gasteiger partial charge < -0.3 is 14.5 Å². The topological polar surface area (TPSA) is 64.2 Å². The Bertz CT molecular complexity index is 476. The van der Waals surface area contributed by atoms with E-state index in [1.165, 1.54) is 7.11 Å². The molecule has 5 nitrogen and oxygen atoms in total. The summed E-state index contributed by atoms with van der Waals surface area (Å²) >= 11 is 1.83. The van der Waals surface area contributed by atoms with Crippen molar-refractivity contribution >= 4 is 22.6 Å². The van der Waals surface area contributed by atoms with Crippen LogP contribution in [0.2, 0.25) is 0 Å². The van der Waals surface area contributed by atoms with Gasteiger partial charge in [-0.15, -0.1) is 0 Å². The average Bonchev–Trinajstić information content (AvgIpc) is 2.30. The second-order valence-electron chi connectivity index (χ2n) is 3.62. The van der Waals surface area contributed by atoms with E-state index in [2.05, 4.69) is 14.7 Å². The lowest BCUT2D eigenvalue weighted by atomic mass is 10.3. The molecule has 19 heavy (non-hydrogen) atoms. The lowest BCUT2D eigenvalue weighted by Crippen LogP contribution is -2.21. The zero-order valence-corrected chi connectivity index (χ0v) is 12.2. The number of halogens is 4. The van der Waals surface area contributed by atoms with Gasteiger partial charge in [0.25, 0.3) is 5.56 Å². The number of nitrogens with one attached hydrogen (secondary N) is 1. The standard InChI is InChI=1S/C10H12F3IN2O3/c1-18-4-6-8(14)9(17)16-7(15-6)2-3-19-5-10(11,12)13/h2-5H2,1H3,(H,15,16,17). The Morgan fingerprint density at radius 1 is 1.42 bits per heavy atom. The van der Waals surface area contributed by atoms with Gasteiger partial charge >= 0.3 is 6.18 Å². The zero-order chi connectivity index (χ0) is 14.5. The third kappa shape index (κ3) is 5.87. The molecule has 1 N–H and O–H groups in total. The smallest absolute Gasteiger partial charge is 0.378 e. The molecule has 0 saturated carbocycles. The van der Waals surface area contributed by atoms with Crippen LogP contribution in [0.15, 0.2) is 4.79 Å². The lowest BCUT2D eigenvalue weighted by Gasteiger charge is -2.08. The molecule has 1 aromatic heterocycles. The molecular formula is C10H12F3IN2O3. The maximum Gasteiger partial charge on any atom is 0.411 e. The van der Waals surface area contributed by atoms with Crippen LogP contribution in [0.4, 0.5) is 13.2 Å². The summed E-state index contributed by atoms with van der Waals surface area (Å²) < 4.78 is 45.3. The van der Waals surface area contributed by atoms with Crippen molar-refractivity contribution in [3.05, 3.63) is 25.4 Å². The zero-order valence-electron chi connectivity index (χ0n) is 10.0. The molecule has 1 aromatic rings. The molecule has 108 valence electrons. The molecule has 0 aliphatic rings. The van der Waals surface area contributed by atoms with Crippen LogP contribution in [0, 0.1) is 3.57 Å². The van der Waals surface area contributed by atoms with E-state index in [1.807, 2.05) is 22.6 Å². The van der Waals surface area contributed by atoms with Gasteiger partial charge in [0.2, 0.25) is 0 Å². The van der Waals surface area contributed by atoms with Crippen LogP contribution in [0.3, 0.4) is 0 Å². The molecule has 9 heteroatoms.